The molecule has 0 bridgehead atoms. The van der Waals surface area contributed by atoms with E-state index in [1.54, 1.807) is 23.1 Å². The molecule has 10 nitrogen and oxygen atoms in total. The van der Waals surface area contributed by atoms with Crippen LogP contribution in [0.25, 0.3) is 11.1 Å². The van der Waals surface area contributed by atoms with Crippen molar-refractivity contribution in [2.45, 2.75) is 38.6 Å². The van der Waals surface area contributed by atoms with Crippen LogP contribution in [0.5, 0.6) is 0 Å². The Kier molecular flexibility index (Phi) is 4.97. The fourth-order valence-corrected chi connectivity index (χ4v) is 4.28. The molecule has 0 saturated carbocycles. The lowest BCUT2D eigenvalue weighted by Gasteiger charge is -2.26. The molecule has 31 heavy (non-hydrogen) atoms. The fourth-order valence-electron chi connectivity index (χ4n) is 4.28. The predicted octanol–water partition coefficient (Wildman–Crippen LogP) is 1.94. The molecule has 1 aromatic carbocycles. The molecular formula is C21H24N6O4. The Morgan fingerprint density at radius 2 is 2.00 bits per heavy atom. The van der Waals surface area contributed by atoms with Crippen molar-refractivity contribution in [3.05, 3.63) is 40.0 Å². The lowest BCUT2D eigenvalue weighted by Crippen LogP contribution is -2.39. The molecule has 1 fully saturated rings. The van der Waals surface area contributed by atoms with Gasteiger partial charge >= 0.3 is 5.76 Å². The lowest BCUT2D eigenvalue weighted by atomic mass is 10.1. The van der Waals surface area contributed by atoms with Crippen molar-refractivity contribution < 1.29 is 14.0 Å². The molecule has 2 aromatic heterocycles. The van der Waals surface area contributed by atoms with Crippen molar-refractivity contribution in [2.24, 2.45) is 0 Å². The molecule has 0 spiro atoms. The van der Waals surface area contributed by atoms with E-state index in [9.17, 15) is 14.4 Å². The van der Waals surface area contributed by atoms with Crippen LogP contribution in [0.3, 0.4) is 0 Å². The number of piperidine rings is 1. The summed E-state index contributed by atoms with van der Waals surface area (Å²) in [6.45, 7) is 2.19. The molecule has 2 aliphatic rings. The Bertz CT molecular complexity index is 1200. The number of H-pyrrole nitrogens is 1. The van der Waals surface area contributed by atoms with Gasteiger partial charge in [0.25, 0.3) is 5.91 Å². The number of hydrogen-bond donors (Lipinski definition) is 3. The molecule has 0 atom stereocenters. The van der Waals surface area contributed by atoms with Gasteiger partial charge in [-0.1, -0.05) is 0 Å². The molecule has 162 valence electrons. The number of amides is 2. The molecule has 0 aliphatic carbocycles. The van der Waals surface area contributed by atoms with Gasteiger partial charge in [-0.15, -0.1) is 0 Å². The number of oxazole rings is 1. The maximum Gasteiger partial charge on any atom is 0.420 e. The van der Waals surface area contributed by atoms with Crippen LogP contribution in [-0.2, 0) is 17.8 Å². The van der Waals surface area contributed by atoms with Crippen LogP contribution in [0.15, 0.2) is 27.4 Å². The third-order valence-electron chi connectivity index (χ3n) is 5.92. The molecule has 2 amide bonds. The Labute approximate surface area is 177 Å². The van der Waals surface area contributed by atoms with Gasteiger partial charge in [-0.3, -0.25) is 19.3 Å². The maximum absolute atomic E-state index is 12.8. The molecule has 4 heterocycles. The van der Waals surface area contributed by atoms with Crippen LogP contribution in [0.1, 0.15) is 41.7 Å². The molecule has 10 heteroatoms. The second kappa shape index (κ2) is 7.93. The second-order valence-electron chi connectivity index (χ2n) is 7.99. The van der Waals surface area contributed by atoms with Crippen LogP contribution < -0.4 is 16.4 Å². The first-order valence-electron chi connectivity index (χ1n) is 10.6. The molecular weight excluding hydrogens is 400 g/mol. The van der Waals surface area contributed by atoms with Gasteiger partial charge in [0.05, 0.1) is 5.52 Å². The minimum absolute atomic E-state index is 0.0804. The van der Waals surface area contributed by atoms with Crippen molar-refractivity contribution in [3.63, 3.8) is 0 Å². The highest BCUT2D eigenvalue weighted by molar-refractivity contribution is 6.05. The zero-order valence-electron chi connectivity index (χ0n) is 17.1. The molecule has 3 N–H and O–H groups in total. The van der Waals surface area contributed by atoms with Crippen molar-refractivity contribution in [1.29, 1.82) is 0 Å². The summed E-state index contributed by atoms with van der Waals surface area (Å²) < 4.78 is 6.62. The minimum atomic E-state index is -0.586. The summed E-state index contributed by atoms with van der Waals surface area (Å²) in [6, 6.07) is 4.95. The van der Waals surface area contributed by atoms with Crippen molar-refractivity contribution >= 4 is 34.4 Å². The summed E-state index contributed by atoms with van der Waals surface area (Å²) in [4.78, 5) is 39.6. The number of hydrogen-bond acceptors (Lipinski definition) is 6. The highest BCUT2D eigenvalue weighted by Crippen LogP contribution is 2.24. The Morgan fingerprint density at radius 3 is 2.84 bits per heavy atom. The molecule has 0 radical (unpaired) electrons. The molecule has 5 rings (SSSR count). The van der Waals surface area contributed by atoms with E-state index in [2.05, 4.69) is 20.8 Å². The van der Waals surface area contributed by atoms with E-state index in [1.165, 1.54) is 4.57 Å². The summed E-state index contributed by atoms with van der Waals surface area (Å²) in [5.41, 5.74) is 2.65. The zero-order chi connectivity index (χ0) is 21.4. The summed E-state index contributed by atoms with van der Waals surface area (Å²) in [6.07, 6.45) is 4.80. The lowest BCUT2D eigenvalue weighted by molar-refractivity contribution is -0.132. The standard InChI is InChI=1S/C21H24N6O4/c28-17(26-9-2-1-3-10-26)12-27-15-11-13(6-7-16(15)31-21(27)30)23-20(29)18-14-5-4-8-22-19(14)25-24-18/h6-7,11H,1-5,8-10,12H2,(H,23,29)(H2,22,24,25). The monoisotopic (exact) mass is 424 g/mol. The van der Waals surface area contributed by atoms with Gasteiger partial charge in [-0.05, 0) is 50.3 Å². The third-order valence-corrected chi connectivity index (χ3v) is 5.92. The average Bonchev–Trinajstić information content (AvgIpc) is 3.35. The van der Waals surface area contributed by atoms with Gasteiger partial charge in [0, 0.05) is 30.9 Å². The molecule has 0 unspecified atom stereocenters. The van der Waals surface area contributed by atoms with Gasteiger partial charge in [0.15, 0.2) is 11.4 Å². The Morgan fingerprint density at radius 1 is 1.16 bits per heavy atom. The SMILES string of the molecule is O=C(Nc1ccc2oc(=O)n(CC(=O)N3CCCCC3)c2c1)c1[nH]nc2c1CCCN2. The summed E-state index contributed by atoms with van der Waals surface area (Å²) in [5.74, 6) is -0.279. The number of carbonyl (C=O) groups excluding carboxylic acids is 2. The van der Waals surface area contributed by atoms with Gasteiger partial charge in [-0.25, -0.2) is 4.79 Å². The van der Waals surface area contributed by atoms with E-state index >= 15 is 0 Å². The number of benzene rings is 1. The number of aromatic amines is 1. The quantitative estimate of drug-likeness (QED) is 0.588. The van der Waals surface area contributed by atoms with E-state index in [1.807, 2.05) is 0 Å². The highest BCUT2D eigenvalue weighted by atomic mass is 16.4. The van der Waals surface area contributed by atoms with Gasteiger partial charge in [-0.2, -0.15) is 5.10 Å². The number of fused-ring (bicyclic) bond motifs is 2. The van der Waals surface area contributed by atoms with Crippen LogP contribution >= 0.6 is 0 Å². The summed E-state index contributed by atoms with van der Waals surface area (Å²) in [7, 11) is 0. The number of nitrogens with zero attached hydrogens (tertiary/aromatic N) is 3. The Balaban J connectivity index is 1.38. The van der Waals surface area contributed by atoms with Crippen molar-refractivity contribution in [2.75, 3.05) is 30.3 Å². The normalized spacial score (nSPS) is 16.1. The number of nitrogens with one attached hydrogen (secondary N) is 3. The average molecular weight is 424 g/mol. The van der Waals surface area contributed by atoms with Gasteiger partial charge in [0.2, 0.25) is 5.91 Å². The van der Waals surface area contributed by atoms with E-state index in [4.69, 9.17) is 4.42 Å². The number of likely N-dealkylation sites (tertiary alicyclic amines) is 1. The fraction of sp³-hybridized carbons (Fsp3) is 0.429. The largest absolute Gasteiger partial charge is 0.420 e. The number of aromatic nitrogens is 3. The summed E-state index contributed by atoms with van der Waals surface area (Å²) >= 11 is 0. The maximum atomic E-state index is 12.8. The highest BCUT2D eigenvalue weighted by Gasteiger charge is 2.23. The third kappa shape index (κ3) is 3.69. The number of anilines is 2. The van der Waals surface area contributed by atoms with Gasteiger partial charge in [0.1, 0.15) is 12.2 Å². The van der Waals surface area contributed by atoms with E-state index in [0.29, 0.717) is 41.4 Å². The van der Waals surface area contributed by atoms with Crippen LogP contribution in [0, 0.1) is 0 Å². The topological polar surface area (TPSA) is 125 Å². The van der Waals surface area contributed by atoms with Gasteiger partial charge < -0.3 is 20.0 Å². The molecule has 3 aromatic rings. The number of rotatable bonds is 4. The first-order chi connectivity index (χ1) is 15.1. The van der Waals surface area contributed by atoms with E-state index < -0.39 is 5.76 Å². The van der Waals surface area contributed by atoms with Crippen molar-refractivity contribution in [3.8, 4) is 0 Å². The minimum Gasteiger partial charge on any atom is -0.408 e. The van der Waals surface area contributed by atoms with Crippen LogP contribution in [0.2, 0.25) is 0 Å². The Hall–Kier alpha value is -3.56. The second-order valence-corrected chi connectivity index (χ2v) is 7.99. The number of carbonyl (C=O) groups is 2. The first-order valence-corrected chi connectivity index (χ1v) is 10.6. The smallest absolute Gasteiger partial charge is 0.408 e. The first kappa shape index (κ1) is 19.4. The van der Waals surface area contributed by atoms with E-state index in [0.717, 1.165) is 44.2 Å². The van der Waals surface area contributed by atoms with Crippen LogP contribution in [0.4, 0.5) is 11.5 Å². The molecule has 1 saturated heterocycles. The zero-order valence-corrected chi connectivity index (χ0v) is 17.1. The summed E-state index contributed by atoms with van der Waals surface area (Å²) in [5, 5.41) is 13.0. The predicted molar refractivity (Wildman–Crippen MR) is 114 cm³/mol. The van der Waals surface area contributed by atoms with Crippen molar-refractivity contribution in [1.82, 2.24) is 19.7 Å². The van der Waals surface area contributed by atoms with E-state index in [-0.39, 0.29) is 18.4 Å². The van der Waals surface area contributed by atoms with Crippen LogP contribution in [-0.4, -0.2) is 51.1 Å². The molecule has 2 aliphatic heterocycles.